The van der Waals surface area contributed by atoms with Crippen molar-refractivity contribution in [3.63, 3.8) is 0 Å². The lowest BCUT2D eigenvalue weighted by atomic mass is 10.1. The van der Waals surface area contributed by atoms with E-state index in [1.54, 1.807) is 91.0 Å². The predicted octanol–water partition coefficient (Wildman–Crippen LogP) is 6.66. The van der Waals surface area contributed by atoms with Crippen LogP contribution in [0.5, 0.6) is 11.5 Å². The maximum Gasteiger partial charge on any atom is 0.272 e. The van der Waals surface area contributed by atoms with Crippen molar-refractivity contribution in [2.24, 2.45) is 0 Å². The predicted molar refractivity (Wildman–Crippen MR) is 161 cm³/mol. The molecule has 0 saturated heterocycles. The van der Waals surface area contributed by atoms with E-state index in [2.05, 4.69) is 10.6 Å². The van der Waals surface area contributed by atoms with Crippen molar-refractivity contribution < 1.29 is 23.9 Å². The quantitative estimate of drug-likeness (QED) is 0.165. The topological polar surface area (TPSA) is 93.7 Å². The number of benzene rings is 4. The summed E-state index contributed by atoms with van der Waals surface area (Å²) in [6, 6.07) is 27.3. The van der Waals surface area contributed by atoms with Crippen molar-refractivity contribution in [2.45, 2.75) is 0 Å². The molecule has 206 valence electrons. The van der Waals surface area contributed by atoms with E-state index in [0.29, 0.717) is 38.9 Å². The summed E-state index contributed by atoms with van der Waals surface area (Å²) in [6.45, 7) is 0. The number of ether oxygens (including phenoxy) is 2. The molecule has 0 atom stereocenters. The van der Waals surface area contributed by atoms with E-state index < -0.39 is 11.8 Å². The molecule has 8 heteroatoms. The Labute approximate surface area is 243 Å². The summed E-state index contributed by atoms with van der Waals surface area (Å²) in [5.74, 6) is -0.170. The number of anilines is 1. The van der Waals surface area contributed by atoms with E-state index in [1.165, 1.54) is 26.4 Å². The number of methoxy groups -OCH3 is 2. The molecule has 4 aromatic carbocycles. The van der Waals surface area contributed by atoms with E-state index in [1.807, 2.05) is 12.1 Å². The Hall–Kier alpha value is -5.14. The summed E-state index contributed by atoms with van der Waals surface area (Å²) in [4.78, 5) is 38.9. The van der Waals surface area contributed by atoms with Crippen molar-refractivity contribution >= 4 is 47.0 Å². The number of halogens is 1. The Morgan fingerprint density at radius 3 is 2.15 bits per heavy atom. The zero-order chi connectivity index (χ0) is 29.2. The van der Waals surface area contributed by atoms with Crippen molar-refractivity contribution in [1.29, 1.82) is 0 Å². The van der Waals surface area contributed by atoms with Crippen LogP contribution in [0.15, 0.2) is 109 Å². The van der Waals surface area contributed by atoms with Gasteiger partial charge in [-0.05, 0) is 78.4 Å². The maximum absolute atomic E-state index is 13.4. The number of hydrogen-bond acceptors (Lipinski definition) is 5. The van der Waals surface area contributed by atoms with Gasteiger partial charge in [0.15, 0.2) is 5.78 Å². The van der Waals surface area contributed by atoms with Gasteiger partial charge in [-0.3, -0.25) is 14.4 Å². The van der Waals surface area contributed by atoms with Crippen LogP contribution in [0.2, 0.25) is 5.02 Å². The summed E-state index contributed by atoms with van der Waals surface area (Å²) < 4.78 is 10.7. The number of carbonyl (C=O) groups is 3. The van der Waals surface area contributed by atoms with Gasteiger partial charge in [-0.15, -0.1) is 0 Å². The molecule has 0 unspecified atom stereocenters. The molecule has 0 aromatic heterocycles. The molecular formula is C33H27ClN2O5. The normalized spacial score (nSPS) is 11.1. The first kappa shape index (κ1) is 28.9. The molecule has 0 aliphatic rings. The minimum Gasteiger partial charge on any atom is -0.497 e. The average molecular weight is 567 g/mol. The first-order valence-electron chi connectivity index (χ1n) is 12.6. The van der Waals surface area contributed by atoms with Gasteiger partial charge in [0, 0.05) is 33.5 Å². The third-order valence-electron chi connectivity index (χ3n) is 5.99. The fourth-order valence-electron chi connectivity index (χ4n) is 3.79. The summed E-state index contributed by atoms with van der Waals surface area (Å²) in [6.07, 6.45) is 4.70. The summed E-state index contributed by atoms with van der Waals surface area (Å²) >= 11 is 5.90. The number of rotatable bonds is 10. The standard InChI is InChI=1S/C33H27ClN2O5/c1-40-28-18-13-25(31(21-28)41-2)20-29(36-32(38)24-6-4-3-5-7-24)33(39)35-27-16-11-23(12-17-27)30(37)19-10-22-8-14-26(34)15-9-22/h3-21H,1-2H3,(H,35,39)(H,36,38)/b19-10+,29-20-. The van der Waals surface area contributed by atoms with Gasteiger partial charge in [0.1, 0.15) is 17.2 Å². The lowest BCUT2D eigenvalue weighted by Gasteiger charge is -2.13. The highest BCUT2D eigenvalue weighted by molar-refractivity contribution is 6.30. The van der Waals surface area contributed by atoms with Gasteiger partial charge in [-0.1, -0.05) is 48.0 Å². The second-order valence-corrected chi connectivity index (χ2v) is 9.20. The summed E-state index contributed by atoms with van der Waals surface area (Å²) in [5.41, 5.74) is 2.67. The van der Waals surface area contributed by atoms with Crippen LogP contribution >= 0.6 is 11.6 Å². The van der Waals surface area contributed by atoms with Crippen LogP contribution < -0.4 is 20.1 Å². The van der Waals surface area contributed by atoms with E-state index in [0.717, 1.165) is 5.56 Å². The van der Waals surface area contributed by atoms with Gasteiger partial charge in [0.2, 0.25) is 0 Å². The molecule has 0 fully saturated rings. The Morgan fingerprint density at radius 2 is 1.49 bits per heavy atom. The Balaban J connectivity index is 1.54. The van der Waals surface area contributed by atoms with Crippen LogP contribution in [0.3, 0.4) is 0 Å². The molecule has 7 nitrogen and oxygen atoms in total. The van der Waals surface area contributed by atoms with E-state index in [4.69, 9.17) is 21.1 Å². The second-order valence-electron chi connectivity index (χ2n) is 8.77. The number of hydrogen-bond donors (Lipinski definition) is 2. The van der Waals surface area contributed by atoms with Gasteiger partial charge in [-0.25, -0.2) is 0 Å². The Kier molecular flexibility index (Phi) is 9.70. The molecule has 0 bridgehead atoms. The zero-order valence-electron chi connectivity index (χ0n) is 22.4. The molecule has 0 heterocycles. The zero-order valence-corrected chi connectivity index (χ0v) is 23.1. The van der Waals surface area contributed by atoms with Crippen LogP contribution in [0.1, 0.15) is 31.8 Å². The fraction of sp³-hybridized carbons (Fsp3) is 0.0606. The molecule has 0 aliphatic heterocycles. The molecule has 2 amide bonds. The molecule has 0 saturated carbocycles. The molecule has 2 N–H and O–H groups in total. The van der Waals surface area contributed by atoms with E-state index in [9.17, 15) is 14.4 Å². The molecule has 4 rings (SSSR count). The maximum atomic E-state index is 13.4. The first-order chi connectivity index (χ1) is 19.9. The van der Waals surface area contributed by atoms with Crippen molar-refractivity contribution in [1.82, 2.24) is 5.32 Å². The molecule has 4 aromatic rings. The van der Waals surface area contributed by atoms with Crippen LogP contribution in [0.4, 0.5) is 5.69 Å². The number of amides is 2. The molecule has 0 aliphatic carbocycles. The largest absolute Gasteiger partial charge is 0.497 e. The van der Waals surface area contributed by atoms with E-state index >= 15 is 0 Å². The first-order valence-corrected chi connectivity index (χ1v) is 12.9. The SMILES string of the molecule is COc1ccc(/C=C(\NC(=O)c2ccccc2)C(=O)Nc2ccc(C(=O)/C=C/c3ccc(Cl)cc3)cc2)c(OC)c1. The third-order valence-corrected chi connectivity index (χ3v) is 6.25. The highest BCUT2D eigenvalue weighted by atomic mass is 35.5. The Bertz CT molecular complexity index is 1600. The highest BCUT2D eigenvalue weighted by Gasteiger charge is 2.17. The number of nitrogens with one attached hydrogen (secondary N) is 2. The minimum atomic E-state index is -0.561. The summed E-state index contributed by atoms with van der Waals surface area (Å²) in [5, 5.41) is 6.10. The molecule has 0 radical (unpaired) electrons. The van der Waals surface area contributed by atoms with Crippen LogP contribution in [-0.4, -0.2) is 31.8 Å². The highest BCUT2D eigenvalue weighted by Crippen LogP contribution is 2.26. The number of ketones is 1. The summed E-state index contributed by atoms with van der Waals surface area (Å²) in [7, 11) is 3.04. The van der Waals surface area contributed by atoms with Gasteiger partial charge in [-0.2, -0.15) is 0 Å². The van der Waals surface area contributed by atoms with Crippen LogP contribution in [-0.2, 0) is 4.79 Å². The van der Waals surface area contributed by atoms with Gasteiger partial charge < -0.3 is 20.1 Å². The smallest absolute Gasteiger partial charge is 0.272 e. The lowest BCUT2D eigenvalue weighted by Crippen LogP contribution is -2.30. The minimum absolute atomic E-state index is 0.00614. The molecular weight excluding hydrogens is 540 g/mol. The number of allylic oxidation sites excluding steroid dienone is 1. The van der Waals surface area contributed by atoms with E-state index in [-0.39, 0.29) is 11.5 Å². The van der Waals surface area contributed by atoms with Crippen molar-refractivity contribution in [3.8, 4) is 11.5 Å². The number of carbonyl (C=O) groups excluding carboxylic acids is 3. The van der Waals surface area contributed by atoms with Gasteiger partial charge in [0.05, 0.1) is 14.2 Å². The van der Waals surface area contributed by atoms with Crippen LogP contribution in [0, 0.1) is 0 Å². The van der Waals surface area contributed by atoms with Gasteiger partial charge >= 0.3 is 0 Å². The van der Waals surface area contributed by atoms with Crippen molar-refractivity contribution in [3.05, 3.63) is 136 Å². The lowest BCUT2D eigenvalue weighted by molar-refractivity contribution is -0.113. The average Bonchev–Trinajstić information content (AvgIpc) is 3.01. The molecule has 41 heavy (non-hydrogen) atoms. The third kappa shape index (κ3) is 7.94. The van der Waals surface area contributed by atoms with Crippen LogP contribution in [0.25, 0.3) is 12.2 Å². The van der Waals surface area contributed by atoms with Gasteiger partial charge in [0.25, 0.3) is 11.8 Å². The Morgan fingerprint density at radius 1 is 0.780 bits per heavy atom. The van der Waals surface area contributed by atoms with Crippen molar-refractivity contribution in [2.75, 3.05) is 19.5 Å². The molecule has 0 spiro atoms. The fourth-order valence-corrected chi connectivity index (χ4v) is 3.92. The second kappa shape index (κ2) is 13.8. The monoisotopic (exact) mass is 566 g/mol.